The highest BCUT2D eigenvalue weighted by Gasteiger charge is 2.15. The Morgan fingerprint density at radius 1 is 1.27 bits per heavy atom. The third-order valence-corrected chi connectivity index (χ3v) is 3.40. The number of hydrogen-bond donors (Lipinski definition) is 1. The van der Waals surface area contributed by atoms with Crippen LogP contribution in [0, 0.1) is 0 Å². The zero-order valence-electron chi connectivity index (χ0n) is 13.4. The quantitative estimate of drug-likeness (QED) is 0.334. The van der Waals surface area contributed by atoms with E-state index >= 15 is 0 Å². The normalized spacial score (nSPS) is 14.5. The Hall–Kier alpha value is -1.18. The molecule has 0 spiro atoms. The van der Waals surface area contributed by atoms with Gasteiger partial charge >= 0.3 is 0 Å². The topological polar surface area (TPSA) is 46.1 Å². The van der Waals surface area contributed by atoms with Crippen molar-refractivity contribution in [2.24, 2.45) is 4.99 Å². The van der Waals surface area contributed by atoms with Crippen molar-refractivity contribution in [3.8, 4) is 11.5 Å². The summed E-state index contributed by atoms with van der Waals surface area (Å²) in [7, 11) is 1.65. The van der Waals surface area contributed by atoms with Crippen LogP contribution in [0.2, 0.25) is 0 Å². The first-order valence-corrected chi connectivity index (χ1v) is 7.63. The van der Waals surface area contributed by atoms with Crippen LogP contribution >= 0.6 is 24.0 Å². The lowest BCUT2D eigenvalue weighted by molar-refractivity contribution is 0.324. The first kappa shape index (κ1) is 18.9. The van der Waals surface area contributed by atoms with Gasteiger partial charge in [0.1, 0.15) is 18.1 Å². The molecule has 1 fully saturated rings. The summed E-state index contributed by atoms with van der Waals surface area (Å²) in [4.78, 5) is 6.94. The molecule has 6 heteroatoms. The number of hydrogen-bond acceptors (Lipinski definition) is 3. The van der Waals surface area contributed by atoms with E-state index in [0.717, 1.165) is 37.1 Å². The van der Waals surface area contributed by atoms with Crippen molar-refractivity contribution in [1.29, 1.82) is 0 Å². The summed E-state index contributed by atoms with van der Waals surface area (Å²) in [6.07, 6.45) is 2.51. The monoisotopic (exact) mass is 419 g/mol. The molecule has 124 valence electrons. The van der Waals surface area contributed by atoms with E-state index in [1.165, 1.54) is 12.8 Å². The number of aliphatic imine (C=N–C) groups is 1. The van der Waals surface area contributed by atoms with Gasteiger partial charge in [0, 0.05) is 25.7 Å². The number of nitrogens with zero attached hydrogens (tertiary/aromatic N) is 2. The highest BCUT2D eigenvalue weighted by molar-refractivity contribution is 14.0. The molecule has 1 saturated heterocycles. The number of benzene rings is 1. The number of halogens is 1. The number of rotatable bonds is 6. The lowest BCUT2D eigenvalue weighted by atomic mass is 10.3. The van der Waals surface area contributed by atoms with E-state index in [0.29, 0.717) is 13.2 Å². The van der Waals surface area contributed by atoms with Gasteiger partial charge in [-0.2, -0.15) is 0 Å². The minimum Gasteiger partial charge on any atom is -0.497 e. The van der Waals surface area contributed by atoms with Crippen molar-refractivity contribution in [2.75, 3.05) is 39.9 Å². The van der Waals surface area contributed by atoms with Gasteiger partial charge < -0.3 is 19.7 Å². The molecule has 0 radical (unpaired) electrons. The molecule has 1 aliphatic rings. The Bertz CT molecular complexity index is 462. The van der Waals surface area contributed by atoms with Crippen molar-refractivity contribution in [1.82, 2.24) is 10.2 Å². The van der Waals surface area contributed by atoms with Crippen LogP contribution in [0.15, 0.2) is 29.3 Å². The van der Waals surface area contributed by atoms with Crippen LogP contribution in [-0.2, 0) is 0 Å². The van der Waals surface area contributed by atoms with E-state index in [1.54, 1.807) is 7.11 Å². The molecule has 0 unspecified atom stereocenters. The molecule has 0 atom stereocenters. The van der Waals surface area contributed by atoms with Crippen LogP contribution in [-0.4, -0.2) is 50.8 Å². The minimum absolute atomic E-state index is 0. The van der Waals surface area contributed by atoms with Crippen molar-refractivity contribution in [3.63, 3.8) is 0 Å². The predicted octanol–water partition coefficient (Wildman–Crippen LogP) is 2.75. The molecule has 1 aromatic rings. The summed E-state index contributed by atoms with van der Waals surface area (Å²) in [5, 5.41) is 3.34. The Morgan fingerprint density at radius 2 is 2.00 bits per heavy atom. The third kappa shape index (κ3) is 5.90. The van der Waals surface area contributed by atoms with Crippen LogP contribution in [0.1, 0.15) is 19.8 Å². The molecule has 1 aromatic carbocycles. The summed E-state index contributed by atoms with van der Waals surface area (Å²) in [5.74, 6) is 2.63. The number of methoxy groups -OCH3 is 1. The Labute approximate surface area is 150 Å². The van der Waals surface area contributed by atoms with Gasteiger partial charge in [-0.05, 0) is 31.9 Å². The van der Waals surface area contributed by atoms with E-state index in [9.17, 15) is 0 Å². The SMILES string of the molecule is CCNC(=NCCOc1cccc(OC)c1)N1CCCC1.I. The molecule has 0 saturated carbocycles. The van der Waals surface area contributed by atoms with Gasteiger partial charge in [0.05, 0.1) is 13.7 Å². The smallest absolute Gasteiger partial charge is 0.194 e. The van der Waals surface area contributed by atoms with Gasteiger partial charge in [-0.1, -0.05) is 6.07 Å². The van der Waals surface area contributed by atoms with Gasteiger partial charge in [0.2, 0.25) is 0 Å². The van der Waals surface area contributed by atoms with Gasteiger partial charge in [-0.25, -0.2) is 4.99 Å². The summed E-state index contributed by atoms with van der Waals surface area (Å²) >= 11 is 0. The van der Waals surface area contributed by atoms with E-state index < -0.39 is 0 Å². The zero-order valence-corrected chi connectivity index (χ0v) is 15.7. The molecule has 0 aliphatic carbocycles. The molecule has 0 amide bonds. The summed E-state index contributed by atoms with van der Waals surface area (Å²) in [6, 6.07) is 7.64. The lowest BCUT2D eigenvalue weighted by Crippen LogP contribution is -2.39. The van der Waals surface area contributed by atoms with Gasteiger partial charge in [0.25, 0.3) is 0 Å². The van der Waals surface area contributed by atoms with E-state index in [4.69, 9.17) is 9.47 Å². The van der Waals surface area contributed by atoms with Crippen molar-refractivity contribution < 1.29 is 9.47 Å². The second kappa shape index (κ2) is 10.5. The molecule has 1 aliphatic heterocycles. The highest BCUT2D eigenvalue weighted by Crippen LogP contribution is 2.18. The zero-order chi connectivity index (χ0) is 14.9. The fraction of sp³-hybridized carbons (Fsp3) is 0.562. The average Bonchev–Trinajstić information content (AvgIpc) is 3.05. The van der Waals surface area contributed by atoms with Crippen molar-refractivity contribution in [2.45, 2.75) is 19.8 Å². The van der Waals surface area contributed by atoms with Gasteiger partial charge in [0.15, 0.2) is 5.96 Å². The van der Waals surface area contributed by atoms with Crippen LogP contribution in [0.25, 0.3) is 0 Å². The van der Waals surface area contributed by atoms with Crippen molar-refractivity contribution in [3.05, 3.63) is 24.3 Å². The number of likely N-dealkylation sites (tertiary alicyclic amines) is 1. The molecule has 22 heavy (non-hydrogen) atoms. The molecule has 1 heterocycles. The molecule has 2 rings (SSSR count). The maximum absolute atomic E-state index is 5.71. The molecular formula is C16H26IN3O2. The maximum atomic E-state index is 5.71. The number of ether oxygens (including phenoxy) is 2. The first-order chi connectivity index (χ1) is 10.3. The van der Waals surface area contributed by atoms with Gasteiger partial charge in [-0.3, -0.25) is 0 Å². The van der Waals surface area contributed by atoms with E-state index in [-0.39, 0.29) is 24.0 Å². The minimum atomic E-state index is 0. The van der Waals surface area contributed by atoms with Crippen LogP contribution in [0.3, 0.4) is 0 Å². The molecular weight excluding hydrogens is 393 g/mol. The summed E-state index contributed by atoms with van der Waals surface area (Å²) in [5.41, 5.74) is 0. The fourth-order valence-electron chi connectivity index (χ4n) is 2.36. The Balaban J connectivity index is 0.00000242. The average molecular weight is 419 g/mol. The molecule has 5 nitrogen and oxygen atoms in total. The predicted molar refractivity (Wildman–Crippen MR) is 101 cm³/mol. The van der Waals surface area contributed by atoms with Crippen molar-refractivity contribution >= 4 is 29.9 Å². The maximum Gasteiger partial charge on any atom is 0.194 e. The number of nitrogens with one attached hydrogen (secondary N) is 1. The Morgan fingerprint density at radius 3 is 2.68 bits per heavy atom. The standard InChI is InChI=1S/C16H25N3O2.HI/c1-3-17-16(19-10-4-5-11-19)18-9-12-21-15-8-6-7-14(13-15)20-2;/h6-8,13H,3-5,9-12H2,1-2H3,(H,17,18);1H. The Kier molecular flexibility index (Phi) is 9.03. The highest BCUT2D eigenvalue weighted by atomic mass is 127. The third-order valence-electron chi connectivity index (χ3n) is 3.40. The largest absolute Gasteiger partial charge is 0.497 e. The fourth-order valence-corrected chi connectivity index (χ4v) is 2.36. The second-order valence-corrected chi connectivity index (χ2v) is 4.96. The van der Waals surface area contributed by atoms with Crippen LogP contribution < -0.4 is 14.8 Å². The van der Waals surface area contributed by atoms with E-state index in [1.807, 2.05) is 24.3 Å². The summed E-state index contributed by atoms with van der Waals surface area (Å²) in [6.45, 7) is 6.40. The van der Waals surface area contributed by atoms with Crippen LogP contribution in [0.4, 0.5) is 0 Å². The van der Waals surface area contributed by atoms with Crippen LogP contribution in [0.5, 0.6) is 11.5 Å². The number of guanidine groups is 1. The molecule has 0 aromatic heterocycles. The van der Waals surface area contributed by atoms with Gasteiger partial charge in [-0.15, -0.1) is 24.0 Å². The lowest BCUT2D eigenvalue weighted by Gasteiger charge is -2.20. The molecule has 1 N–H and O–H groups in total. The first-order valence-electron chi connectivity index (χ1n) is 7.63. The van der Waals surface area contributed by atoms with E-state index in [2.05, 4.69) is 22.1 Å². The summed E-state index contributed by atoms with van der Waals surface area (Å²) < 4.78 is 10.9. The second-order valence-electron chi connectivity index (χ2n) is 4.96. The molecule has 0 bridgehead atoms.